The van der Waals surface area contributed by atoms with Gasteiger partial charge in [-0.25, -0.2) is 4.99 Å². The number of aliphatic imine (C=N–C) groups is 1. The molecule has 78 valence electrons. The van der Waals surface area contributed by atoms with Crippen LogP contribution in [-0.4, -0.2) is 5.96 Å². The Morgan fingerprint density at radius 1 is 1.43 bits per heavy atom. The Bertz CT molecular complexity index is 335. The number of hydrogen-bond donors (Lipinski definition) is 2. The maximum atomic E-state index is 5.24. The van der Waals surface area contributed by atoms with Crippen molar-refractivity contribution >= 4 is 34.3 Å². The van der Waals surface area contributed by atoms with Crippen molar-refractivity contribution in [2.45, 2.75) is 13.5 Å². The van der Waals surface area contributed by atoms with Gasteiger partial charge in [-0.15, -0.1) is 12.4 Å². The first-order valence-corrected chi connectivity index (χ1v) is 4.69. The molecule has 0 atom stereocenters. The number of benzene rings is 1. The summed E-state index contributed by atoms with van der Waals surface area (Å²) < 4.78 is 1.07. The summed E-state index contributed by atoms with van der Waals surface area (Å²) in [5.74, 6) is 0.127. The van der Waals surface area contributed by atoms with Crippen LogP contribution < -0.4 is 11.5 Å². The third-order valence-electron chi connectivity index (χ3n) is 1.74. The van der Waals surface area contributed by atoms with Gasteiger partial charge in [-0.3, -0.25) is 0 Å². The van der Waals surface area contributed by atoms with Crippen LogP contribution in [0.1, 0.15) is 11.1 Å². The lowest BCUT2D eigenvalue weighted by molar-refractivity contribution is 1.03. The Morgan fingerprint density at radius 3 is 2.57 bits per heavy atom. The Kier molecular flexibility index (Phi) is 5.57. The molecule has 0 saturated heterocycles. The molecule has 0 aliphatic carbocycles. The second kappa shape index (κ2) is 5.88. The molecule has 5 heteroatoms. The van der Waals surface area contributed by atoms with E-state index in [1.165, 1.54) is 5.56 Å². The van der Waals surface area contributed by atoms with Crippen molar-refractivity contribution in [2.24, 2.45) is 16.5 Å². The van der Waals surface area contributed by atoms with Crippen molar-refractivity contribution in [1.29, 1.82) is 0 Å². The van der Waals surface area contributed by atoms with Crippen LogP contribution in [0, 0.1) is 6.92 Å². The molecule has 0 spiro atoms. The molecule has 3 nitrogen and oxygen atoms in total. The van der Waals surface area contributed by atoms with Gasteiger partial charge < -0.3 is 11.5 Å². The van der Waals surface area contributed by atoms with Crippen LogP contribution >= 0.6 is 28.3 Å². The number of guanidine groups is 1. The molecule has 0 aromatic heterocycles. The van der Waals surface area contributed by atoms with Crippen molar-refractivity contribution < 1.29 is 0 Å². The third kappa shape index (κ3) is 3.98. The monoisotopic (exact) mass is 277 g/mol. The van der Waals surface area contributed by atoms with Crippen molar-refractivity contribution in [1.82, 2.24) is 0 Å². The van der Waals surface area contributed by atoms with E-state index in [-0.39, 0.29) is 18.4 Å². The fourth-order valence-corrected chi connectivity index (χ4v) is 1.49. The van der Waals surface area contributed by atoms with E-state index < -0.39 is 0 Å². The first kappa shape index (κ1) is 13.3. The van der Waals surface area contributed by atoms with Gasteiger partial charge >= 0.3 is 0 Å². The van der Waals surface area contributed by atoms with E-state index >= 15 is 0 Å². The van der Waals surface area contributed by atoms with E-state index in [0.717, 1.165) is 10.0 Å². The van der Waals surface area contributed by atoms with Gasteiger partial charge in [0, 0.05) is 4.47 Å². The van der Waals surface area contributed by atoms with Crippen LogP contribution in [0.25, 0.3) is 0 Å². The van der Waals surface area contributed by atoms with Crippen LogP contribution in [0.2, 0.25) is 0 Å². The van der Waals surface area contributed by atoms with Gasteiger partial charge in [0.15, 0.2) is 5.96 Å². The molecule has 0 heterocycles. The Balaban J connectivity index is 0.00000169. The molecule has 4 N–H and O–H groups in total. The second-order valence-corrected chi connectivity index (χ2v) is 3.73. The van der Waals surface area contributed by atoms with E-state index in [2.05, 4.69) is 20.9 Å². The average Bonchev–Trinajstić information content (AvgIpc) is 2.02. The first-order valence-electron chi connectivity index (χ1n) is 3.90. The molecule has 0 saturated carbocycles. The Morgan fingerprint density at radius 2 is 2.07 bits per heavy atom. The van der Waals surface area contributed by atoms with Gasteiger partial charge in [0.05, 0.1) is 6.54 Å². The van der Waals surface area contributed by atoms with Crippen LogP contribution in [0.15, 0.2) is 27.7 Å². The fourth-order valence-electron chi connectivity index (χ4n) is 1.01. The van der Waals surface area contributed by atoms with Gasteiger partial charge in [0.1, 0.15) is 0 Å². The predicted molar refractivity (Wildman–Crippen MR) is 65.6 cm³/mol. The Hall–Kier alpha value is -0.740. The predicted octanol–water partition coefficient (Wildman–Crippen LogP) is 1.95. The summed E-state index contributed by atoms with van der Waals surface area (Å²) in [6.07, 6.45) is 0. The highest BCUT2D eigenvalue weighted by Crippen LogP contribution is 2.16. The molecule has 1 aromatic rings. The summed E-state index contributed by atoms with van der Waals surface area (Å²) in [6, 6.07) is 6.02. The minimum Gasteiger partial charge on any atom is -0.370 e. The third-order valence-corrected chi connectivity index (χ3v) is 2.23. The normalized spacial score (nSPS) is 9.00. The highest BCUT2D eigenvalue weighted by Gasteiger charge is 1.97. The number of hydrogen-bond acceptors (Lipinski definition) is 1. The second-order valence-electron chi connectivity index (χ2n) is 2.81. The molecule has 0 aliphatic rings. The largest absolute Gasteiger partial charge is 0.370 e. The lowest BCUT2D eigenvalue weighted by atomic mass is 10.1. The molecule has 0 amide bonds. The van der Waals surface area contributed by atoms with E-state index in [1.54, 1.807) is 0 Å². The topological polar surface area (TPSA) is 64.4 Å². The molecular formula is C9H13BrClN3. The smallest absolute Gasteiger partial charge is 0.186 e. The van der Waals surface area contributed by atoms with Gasteiger partial charge in [-0.1, -0.05) is 22.0 Å². The molecular weight excluding hydrogens is 265 g/mol. The van der Waals surface area contributed by atoms with Gasteiger partial charge in [0.2, 0.25) is 0 Å². The zero-order valence-electron chi connectivity index (χ0n) is 7.83. The van der Waals surface area contributed by atoms with Gasteiger partial charge in [-0.2, -0.15) is 0 Å². The average molecular weight is 279 g/mol. The number of rotatable bonds is 2. The zero-order chi connectivity index (χ0) is 9.84. The zero-order valence-corrected chi connectivity index (χ0v) is 10.2. The van der Waals surface area contributed by atoms with Crippen molar-refractivity contribution in [2.75, 3.05) is 0 Å². The number of nitrogens with two attached hydrogens (primary N) is 2. The standard InChI is InChI=1S/C9H12BrN3.ClH/c1-6-4-8(10)3-2-7(6)5-13-9(11)12;/h2-4H,5H2,1H3,(H4,11,12,13);1H. The van der Waals surface area contributed by atoms with Crippen LogP contribution in [0.3, 0.4) is 0 Å². The van der Waals surface area contributed by atoms with Crippen molar-refractivity contribution in [3.8, 4) is 0 Å². The molecule has 0 unspecified atom stereocenters. The highest BCUT2D eigenvalue weighted by molar-refractivity contribution is 9.10. The molecule has 14 heavy (non-hydrogen) atoms. The molecule has 1 aromatic carbocycles. The quantitative estimate of drug-likeness (QED) is 0.641. The SMILES string of the molecule is Cc1cc(Br)ccc1CN=C(N)N.Cl. The van der Waals surface area contributed by atoms with Gasteiger partial charge in [-0.05, 0) is 30.2 Å². The Labute approximate surface area is 98.1 Å². The van der Waals surface area contributed by atoms with Crippen LogP contribution in [0.5, 0.6) is 0 Å². The van der Waals surface area contributed by atoms with E-state index in [4.69, 9.17) is 11.5 Å². The lowest BCUT2D eigenvalue weighted by Gasteiger charge is -2.02. The van der Waals surface area contributed by atoms with Gasteiger partial charge in [0.25, 0.3) is 0 Å². The van der Waals surface area contributed by atoms with E-state index in [9.17, 15) is 0 Å². The summed E-state index contributed by atoms with van der Waals surface area (Å²) in [5, 5.41) is 0. The molecule has 1 rings (SSSR count). The summed E-state index contributed by atoms with van der Waals surface area (Å²) in [4.78, 5) is 3.94. The number of halogens is 2. The number of aryl methyl sites for hydroxylation is 1. The van der Waals surface area contributed by atoms with Crippen LogP contribution in [0.4, 0.5) is 0 Å². The minimum atomic E-state index is 0. The summed E-state index contributed by atoms with van der Waals surface area (Å²) in [7, 11) is 0. The highest BCUT2D eigenvalue weighted by atomic mass is 79.9. The molecule has 0 aliphatic heterocycles. The van der Waals surface area contributed by atoms with Crippen molar-refractivity contribution in [3.05, 3.63) is 33.8 Å². The van der Waals surface area contributed by atoms with Crippen molar-refractivity contribution in [3.63, 3.8) is 0 Å². The summed E-state index contributed by atoms with van der Waals surface area (Å²) in [5.41, 5.74) is 12.8. The minimum absolute atomic E-state index is 0. The van der Waals surface area contributed by atoms with E-state index in [0.29, 0.717) is 6.54 Å². The summed E-state index contributed by atoms with van der Waals surface area (Å²) >= 11 is 3.39. The maximum absolute atomic E-state index is 5.24. The van der Waals surface area contributed by atoms with Crippen LogP contribution in [-0.2, 0) is 6.54 Å². The number of nitrogens with zero attached hydrogens (tertiary/aromatic N) is 1. The molecule has 0 radical (unpaired) electrons. The molecule has 0 fully saturated rings. The molecule has 0 bridgehead atoms. The lowest BCUT2D eigenvalue weighted by Crippen LogP contribution is -2.22. The fraction of sp³-hybridized carbons (Fsp3) is 0.222. The maximum Gasteiger partial charge on any atom is 0.186 e. The van der Waals surface area contributed by atoms with E-state index in [1.807, 2.05) is 25.1 Å². The summed E-state index contributed by atoms with van der Waals surface area (Å²) in [6.45, 7) is 2.57. The first-order chi connectivity index (χ1) is 6.09.